The maximum atomic E-state index is 2.41. The number of hydrogen-bond acceptors (Lipinski definition) is 1. The number of nitrogens with zero attached hydrogens (tertiary/aromatic N) is 2. The van der Waals surface area contributed by atoms with Gasteiger partial charge in [0, 0.05) is 33.5 Å². The Morgan fingerprint density at radius 3 is 1.21 bits per heavy atom. The monoisotopic (exact) mass is 966 g/mol. The molecule has 0 aliphatic heterocycles. The van der Waals surface area contributed by atoms with Crippen LogP contribution >= 0.6 is 0 Å². The third-order valence-corrected chi connectivity index (χ3v) is 15.2. The van der Waals surface area contributed by atoms with E-state index in [1.807, 2.05) is 0 Å². The molecule has 0 bridgehead atoms. The first-order chi connectivity index (χ1) is 37.7. The number of hydrogen-bond donors (Lipinski definition) is 0. The quantitative estimate of drug-likeness (QED) is 0.133. The summed E-state index contributed by atoms with van der Waals surface area (Å²) in [5.41, 5.74) is 26.2. The van der Waals surface area contributed by atoms with E-state index >= 15 is 0 Å². The maximum Gasteiger partial charge on any atom is 0.0541 e. The molecule has 1 aliphatic carbocycles. The molecule has 2 nitrogen and oxygen atoms in total. The summed E-state index contributed by atoms with van der Waals surface area (Å²) in [4.78, 5) is 2.40. The van der Waals surface area contributed by atoms with E-state index in [2.05, 4.69) is 313 Å². The predicted molar refractivity (Wildman–Crippen MR) is 321 cm³/mol. The van der Waals surface area contributed by atoms with Crippen molar-refractivity contribution in [2.24, 2.45) is 0 Å². The van der Waals surface area contributed by atoms with Gasteiger partial charge in [0.2, 0.25) is 0 Å². The molecule has 1 aliphatic rings. The Kier molecular flexibility index (Phi) is 11.2. The van der Waals surface area contributed by atoms with E-state index in [1.165, 1.54) is 105 Å². The van der Waals surface area contributed by atoms with Crippen molar-refractivity contribution in [1.82, 2.24) is 4.57 Å². The van der Waals surface area contributed by atoms with E-state index in [1.54, 1.807) is 0 Å². The first kappa shape index (κ1) is 44.7. The minimum Gasteiger partial charge on any atom is -0.310 e. The first-order valence-electron chi connectivity index (χ1n) is 26.2. The van der Waals surface area contributed by atoms with E-state index in [4.69, 9.17) is 0 Å². The first-order valence-corrected chi connectivity index (χ1v) is 26.2. The highest BCUT2D eigenvalue weighted by atomic mass is 15.1. The highest BCUT2D eigenvalue weighted by molar-refractivity contribution is 6.14. The van der Waals surface area contributed by atoms with Crippen LogP contribution in [-0.2, 0) is 0 Å². The van der Waals surface area contributed by atoms with E-state index in [0.29, 0.717) is 0 Å². The van der Waals surface area contributed by atoms with Gasteiger partial charge in [-0.2, -0.15) is 0 Å². The standard InChI is InChI=1S/C74H50N2/c1-5-17-51(18-6-1)54-33-40-61(41-34-54)75(64-46-47-66-65-25-13-14-27-68(65)74(70(66)50-64)73(58-21-9-3-10-22-58)59-23-11-4-12-24-59)62-42-35-56(36-43-62)53-29-31-57(32-30-53)60-39-48-72-69(49-60)67-26-15-16-28-71(67)76(72)63-44-37-55(38-45-63)52-19-7-2-8-20-52/h1-50H. The van der Waals surface area contributed by atoms with Crippen molar-refractivity contribution >= 4 is 50.0 Å². The van der Waals surface area contributed by atoms with Gasteiger partial charge in [-0.25, -0.2) is 0 Å². The van der Waals surface area contributed by atoms with E-state index < -0.39 is 0 Å². The van der Waals surface area contributed by atoms with E-state index in [9.17, 15) is 0 Å². The summed E-state index contributed by atoms with van der Waals surface area (Å²) in [5, 5.41) is 2.49. The number of para-hydroxylation sites is 1. The molecule has 2 heteroatoms. The fourth-order valence-corrected chi connectivity index (χ4v) is 11.5. The molecule has 0 atom stereocenters. The highest BCUT2D eigenvalue weighted by Crippen LogP contribution is 2.51. The molecule has 12 aromatic carbocycles. The van der Waals surface area contributed by atoms with Gasteiger partial charge < -0.3 is 9.47 Å². The third-order valence-electron chi connectivity index (χ3n) is 15.2. The molecule has 0 radical (unpaired) electrons. The molecule has 0 fully saturated rings. The van der Waals surface area contributed by atoms with Gasteiger partial charge in [0.25, 0.3) is 0 Å². The van der Waals surface area contributed by atoms with E-state index in [-0.39, 0.29) is 0 Å². The largest absolute Gasteiger partial charge is 0.310 e. The minimum absolute atomic E-state index is 1.08. The Hall–Kier alpha value is -10.0. The second-order valence-corrected chi connectivity index (χ2v) is 19.6. The second kappa shape index (κ2) is 19.1. The Labute approximate surface area is 444 Å². The van der Waals surface area contributed by atoms with Crippen molar-refractivity contribution in [1.29, 1.82) is 0 Å². The molecule has 0 saturated heterocycles. The molecule has 0 saturated carbocycles. The normalized spacial score (nSPS) is 11.7. The van der Waals surface area contributed by atoms with Gasteiger partial charge in [0.05, 0.1) is 11.0 Å². The lowest BCUT2D eigenvalue weighted by Gasteiger charge is -2.27. The van der Waals surface area contributed by atoms with Crippen LogP contribution < -0.4 is 4.90 Å². The van der Waals surface area contributed by atoms with Crippen LogP contribution in [0.2, 0.25) is 0 Å². The van der Waals surface area contributed by atoms with Crippen LogP contribution in [0.4, 0.5) is 17.1 Å². The molecule has 0 spiro atoms. The lowest BCUT2D eigenvalue weighted by atomic mass is 9.88. The molecule has 1 heterocycles. The van der Waals surface area contributed by atoms with Crippen molar-refractivity contribution in [3.05, 3.63) is 326 Å². The Balaban J connectivity index is 0.820. The average molecular weight is 967 g/mol. The van der Waals surface area contributed by atoms with Crippen molar-refractivity contribution < 1.29 is 0 Å². The van der Waals surface area contributed by atoms with Crippen LogP contribution in [0.3, 0.4) is 0 Å². The average Bonchev–Trinajstić information content (AvgIpc) is 4.08. The molecular weight excluding hydrogens is 917 g/mol. The molecule has 0 unspecified atom stereocenters. The molecule has 76 heavy (non-hydrogen) atoms. The predicted octanol–water partition coefficient (Wildman–Crippen LogP) is 19.9. The van der Waals surface area contributed by atoms with Gasteiger partial charge in [-0.05, 0) is 156 Å². The number of rotatable bonds is 10. The molecule has 0 amide bonds. The summed E-state index contributed by atoms with van der Waals surface area (Å²) >= 11 is 0. The fraction of sp³-hybridized carbons (Fsp3) is 0. The SMILES string of the molecule is c1ccc(C(=C2c3ccccc3-c3ccc(N(c4ccc(-c5ccccc5)cc4)c4ccc(-c5ccc(-c6ccc7c(c6)c6ccccc6n7-c6ccc(-c7ccccc7)cc6)cc5)cc4)cc32)c2ccccc2)cc1. The molecular formula is C74H50N2. The van der Waals surface area contributed by atoms with Gasteiger partial charge in [-0.3, -0.25) is 0 Å². The Bertz CT molecular complexity index is 4210. The number of benzene rings is 12. The van der Waals surface area contributed by atoms with Crippen LogP contribution in [0.15, 0.2) is 303 Å². The molecule has 13 aromatic rings. The fourth-order valence-electron chi connectivity index (χ4n) is 11.5. The summed E-state index contributed by atoms with van der Waals surface area (Å²) in [5.74, 6) is 0. The third kappa shape index (κ3) is 8.01. The molecule has 14 rings (SSSR count). The number of aromatic nitrogens is 1. The van der Waals surface area contributed by atoms with Crippen molar-refractivity contribution in [2.45, 2.75) is 0 Å². The van der Waals surface area contributed by atoms with Crippen molar-refractivity contribution in [2.75, 3.05) is 4.90 Å². The van der Waals surface area contributed by atoms with Gasteiger partial charge in [-0.15, -0.1) is 0 Å². The van der Waals surface area contributed by atoms with Crippen LogP contribution in [-0.4, -0.2) is 4.57 Å². The van der Waals surface area contributed by atoms with Crippen LogP contribution in [0.1, 0.15) is 22.3 Å². The maximum absolute atomic E-state index is 2.41. The van der Waals surface area contributed by atoms with Gasteiger partial charge >= 0.3 is 0 Å². The van der Waals surface area contributed by atoms with Crippen LogP contribution in [0.5, 0.6) is 0 Å². The summed E-state index contributed by atoms with van der Waals surface area (Å²) in [6.45, 7) is 0. The zero-order valence-corrected chi connectivity index (χ0v) is 41.8. The van der Waals surface area contributed by atoms with Gasteiger partial charge in [0.15, 0.2) is 0 Å². The van der Waals surface area contributed by atoms with Crippen LogP contribution in [0, 0.1) is 0 Å². The summed E-state index contributed by atoms with van der Waals surface area (Å²) in [6.07, 6.45) is 0. The zero-order valence-electron chi connectivity index (χ0n) is 41.8. The molecule has 356 valence electrons. The Morgan fingerprint density at radius 2 is 0.645 bits per heavy atom. The lowest BCUT2D eigenvalue weighted by Crippen LogP contribution is -2.10. The van der Waals surface area contributed by atoms with Gasteiger partial charge in [-0.1, -0.05) is 237 Å². The van der Waals surface area contributed by atoms with Crippen molar-refractivity contribution in [3.8, 4) is 61.3 Å². The topological polar surface area (TPSA) is 8.17 Å². The summed E-state index contributed by atoms with van der Waals surface area (Å²) < 4.78 is 2.39. The lowest BCUT2D eigenvalue weighted by molar-refractivity contribution is 1.18. The van der Waals surface area contributed by atoms with E-state index in [0.717, 1.165) is 28.3 Å². The Morgan fingerprint density at radius 1 is 0.250 bits per heavy atom. The zero-order chi connectivity index (χ0) is 50.4. The minimum atomic E-state index is 1.08. The summed E-state index contributed by atoms with van der Waals surface area (Å²) in [6, 6.07) is 111. The van der Waals surface area contributed by atoms with Crippen LogP contribution in [0.25, 0.3) is 94.3 Å². The second-order valence-electron chi connectivity index (χ2n) is 19.6. The number of anilines is 3. The highest BCUT2D eigenvalue weighted by Gasteiger charge is 2.29. The smallest absolute Gasteiger partial charge is 0.0541 e. The van der Waals surface area contributed by atoms with Crippen molar-refractivity contribution in [3.63, 3.8) is 0 Å². The number of fused-ring (bicyclic) bond motifs is 6. The van der Waals surface area contributed by atoms with Gasteiger partial charge in [0.1, 0.15) is 0 Å². The molecule has 1 aromatic heterocycles. The molecule has 0 N–H and O–H groups in total. The summed E-state index contributed by atoms with van der Waals surface area (Å²) in [7, 11) is 0.